The molecule has 5 nitrogen and oxygen atoms in total. The molecule has 2 N–H and O–H groups in total. The molecule has 1 aromatic carbocycles. The monoisotopic (exact) mass is 330 g/mol. The maximum absolute atomic E-state index is 11.4. The molecule has 0 spiro atoms. The summed E-state index contributed by atoms with van der Waals surface area (Å²) in [5.74, 6) is 0.0393. The van der Waals surface area contributed by atoms with Gasteiger partial charge >= 0.3 is 0 Å². The molecule has 0 aliphatic rings. The Morgan fingerprint density at radius 2 is 2.09 bits per heavy atom. The summed E-state index contributed by atoms with van der Waals surface area (Å²) in [6, 6.07) is 9.38. The van der Waals surface area contributed by atoms with Gasteiger partial charge in [0, 0.05) is 30.0 Å². The number of benzene rings is 1. The Balaban J connectivity index is 1.76. The topological polar surface area (TPSA) is 59.0 Å². The molecule has 0 amide bonds. The summed E-state index contributed by atoms with van der Waals surface area (Å²) in [6.45, 7) is 7.22. The van der Waals surface area contributed by atoms with Gasteiger partial charge in [0.1, 0.15) is 0 Å². The molecule has 1 aromatic heterocycles. The fourth-order valence-corrected chi connectivity index (χ4v) is 2.54. The Morgan fingerprint density at radius 3 is 2.74 bits per heavy atom. The van der Waals surface area contributed by atoms with E-state index >= 15 is 0 Å². The van der Waals surface area contributed by atoms with Crippen molar-refractivity contribution >= 4 is 28.8 Å². The number of thiocarbonyl (C=S) groups is 1. The van der Waals surface area contributed by atoms with Crippen molar-refractivity contribution in [2.45, 2.75) is 33.7 Å². The first kappa shape index (κ1) is 17.1. The van der Waals surface area contributed by atoms with Crippen molar-refractivity contribution in [3.8, 4) is 0 Å². The molecule has 6 heteroatoms. The van der Waals surface area contributed by atoms with E-state index in [1.54, 1.807) is 19.1 Å². The van der Waals surface area contributed by atoms with Crippen LogP contribution >= 0.6 is 12.2 Å². The minimum atomic E-state index is 0.0393. The molecule has 1 heterocycles. The first-order chi connectivity index (χ1) is 11.0. The first-order valence-electron chi connectivity index (χ1n) is 7.62. The van der Waals surface area contributed by atoms with Gasteiger partial charge in [-0.05, 0) is 57.6 Å². The molecule has 0 saturated heterocycles. The van der Waals surface area contributed by atoms with Crippen molar-refractivity contribution in [1.82, 2.24) is 15.1 Å². The summed E-state index contributed by atoms with van der Waals surface area (Å²) in [5, 5.41) is 11.3. The predicted octanol–water partition coefficient (Wildman–Crippen LogP) is 3.08. The molecule has 0 aliphatic carbocycles. The standard InChI is InChI=1S/C17H22N4OS/c1-12-10-13(2)21(20-12)9-5-8-18-17(23)19-16-7-4-6-15(11-16)14(3)22/h4,6-7,10-11H,5,8-9H2,1-3H3,(H2,18,19,23). The average Bonchev–Trinajstić information content (AvgIpc) is 2.82. The van der Waals surface area contributed by atoms with Gasteiger partial charge in [-0.1, -0.05) is 12.1 Å². The summed E-state index contributed by atoms with van der Waals surface area (Å²) < 4.78 is 2.00. The third kappa shape index (κ3) is 5.17. The fraction of sp³-hybridized carbons (Fsp3) is 0.353. The van der Waals surface area contributed by atoms with Crippen LogP contribution in [0.2, 0.25) is 0 Å². The predicted molar refractivity (Wildman–Crippen MR) is 97.0 cm³/mol. The molecule has 0 fully saturated rings. The zero-order valence-corrected chi connectivity index (χ0v) is 14.5. The van der Waals surface area contributed by atoms with Crippen LogP contribution in [0.3, 0.4) is 0 Å². The van der Waals surface area contributed by atoms with Crippen molar-refractivity contribution in [3.63, 3.8) is 0 Å². The van der Waals surface area contributed by atoms with Crippen molar-refractivity contribution in [3.05, 3.63) is 47.3 Å². The molecule has 122 valence electrons. The minimum Gasteiger partial charge on any atom is -0.362 e. The van der Waals surface area contributed by atoms with Crippen LogP contribution in [0.5, 0.6) is 0 Å². The number of anilines is 1. The Kier molecular flexibility index (Phi) is 5.87. The number of carbonyl (C=O) groups is 1. The van der Waals surface area contributed by atoms with Gasteiger partial charge in [-0.2, -0.15) is 5.10 Å². The Morgan fingerprint density at radius 1 is 1.30 bits per heavy atom. The Bertz CT molecular complexity index is 708. The number of aryl methyl sites for hydroxylation is 3. The van der Waals surface area contributed by atoms with E-state index in [0.29, 0.717) is 10.7 Å². The van der Waals surface area contributed by atoms with Crippen LogP contribution in [0, 0.1) is 13.8 Å². The van der Waals surface area contributed by atoms with Crippen LogP contribution in [-0.4, -0.2) is 27.2 Å². The fourth-order valence-electron chi connectivity index (χ4n) is 2.32. The van der Waals surface area contributed by atoms with Gasteiger partial charge in [0.15, 0.2) is 10.9 Å². The Hall–Kier alpha value is -2.21. The molecule has 0 aliphatic heterocycles. The Labute approximate surface area is 142 Å². The maximum Gasteiger partial charge on any atom is 0.170 e. The summed E-state index contributed by atoms with van der Waals surface area (Å²) in [4.78, 5) is 11.4. The van der Waals surface area contributed by atoms with Crippen molar-refractivity contribution in [2.75, 3.05) is 11.9 Å². The van der Waals surface area contributed by atoms with Gasteiger partial charge in [0.05, 0.1) is 5.69 Å². The highest BCUT2D eigenvalue weighted by molar-refractivity contribution is 7.80. The van der Waals surface area contributed by atoms with E-state index in [0.717, 1.165) is 30.9 Å². The number of aromatic nitrogens is 2. The minimum absolute atomic E-state index is 0.0393. The lowest BCUT2D eigenvalue weighted by atomic mass is 10.1. The third-order valence-electron chi connectivity index (χ3n) is 3.46. The lowest BCUT2D eigenvalue weighted by Crippen LogP contribution is -2.30. The zero-order chi connectivity index (χ0) is 16.8. The van der Waals surface area contributed by atoms with E-state index in [-0.39, 0.29) is 5.78 Å². The van der Waals surface area contributed by atoms with E-state index < -0.39 is 0 Å². The van der Waals surface area contributed by atoms with Gasteiger partial charge in [0.2, 0.25) is 0 Å². The molecular formula is C17H22N4OS. The van der Waals surface area contributed by atoms with Gasteiger partial charge in [-0.3, -0.25) is 9.48 Å². The van der Waals surface area contributed by atoms with Crippen molar-refractivity contribution in [2.24, 2.45) is 0 Å². The zero-order valence-electron chi connectivity index (χ0n) is 13.7. The second-order valence-corrected chi connectivity index (χ2v) is 5.93. The number of nitrogens with one attached hydrogen (secondary N) is 2. The lowest BCUT2D eigenvalue weighted by molar-refractivity contribution is 0.101. The van der Waals surface area contributed by atoms with E-state index in [1.165, 1.54) is 5.69 Å². The highest BCUT2D eigenvalue weighted by atomic mass is 32.1. The number of Topliss-reactive ketones (excluding diaryl/α,β-unsaturated/α-hetero) is 1. The largest absolute Gasteiger partial charge is 0.362 e. The van der Waals surface area contributed by atoms with Crippen molar-refractivity contribution in [1.29, 1.82) is 0 Å². The summed E-state index contributed by atoms with van der Waals surface area (Å²) >= 11 is 5.28. The number of ketones is 1. The molecule has 23 heavy (non-hydrogen) atoms. The molecule has 0 atom stereocenters. The maximum atomic E-state index is 11.4. The van der Waals surface area contributed by atoms with Crippen LogP contribution in [0.1, 0.15) is 35.1 Å². The number of rotatable bonds is 6. The second-order valence-electron chi connectivity index (χ2n) is 5.52. The molecule has 0 radical (unpaired) electrons. The summed E-state index contributed by atoms with van der Waals surface area (Å²) in [5.41, 5.74) is 3.69. The molecule has 0 unspecified atom stereocenters. The average molecular weight is 330 g/mol. The SMILES string of the molecule is CC(=O)c1cccc(NC(=S)NCCCn2nc(C)cc2C)c1. The summed E-state index contributed by atoms with van der Waals surface area (Å²) in [7, 11) is 0. The number of carbonyl (C=O) groups excluding carboxylic acids is 1. The highest BCUT2D eigenvalue weighted by Gasteiger charge is 2.03. The molecule has 2 rings (SSSR count). The smallest absolute Gasteiger partial charge is 0.170 e. The van der Waals surface area contributed by atoms with Gasteiger partial charge in [0.25, 0.3) is 0 Å². The molecule has 2 aromatic rings. The third-order valence-corrected chi connectivity index (χ3v) is 3.71. The van der Waals surface area contributed by atoms with E-state index in [2.05, 4.69) is 28.7 Å². The normalized spacial score (nSPS) is 10.4. The number of nitrogens with zero attached hydrogens (tertiary/aromatic N) is 2. The van der Waals surface area contributed by atoms with Gasteiger partial charge in [-0.15, -0.1) is 0 Å². The number of hydrogen-bond acceptors (Lipinski definition) is 3. The second kappa shape index (κ2) is 7.87. The van der Waals surface area contributed by atoms with Gasteiger partial charge in [-0.25, -0.2) is 0 Å². The highest BCUT2D eigenvalue weighted by Crippen LogP contribution is 2.11. The number of hydrogen-bond donors (Lipinski definition) is 2. The van der Waals surface area contributed by atoms with E-state index in [1.807, 2.05) is 23.7 Å². The van der Waals surface area contributed by atoms with Gasteiger partial charge < -0.3 is 10.6 Å². The van der Waals surface area contributed by atoms with Crippen LogP contribution in [-0.2, 0) is 6.54 Å². The van der Waals surface area contributed by atoms with Crippen LogP contribution in [0.15, 0.2) is 30.3 Å². The molecule has 0 saturated carbocycles. The van der Waals surface area contributed by atoms with E-state index in [9.17, 15) is 4.79 Å². The summed E-state index contributed by atoms with van der Waals surface area (Å²) in [6.07, 6.45) is 0.928. The first-order valence-corrected chi connectivity index (χ1v) is 8.03. The quantitative estimate of drug-likeness (QED) is 0.484. The van der Waals surface area contributed by atoms with E-state index in [4.69, 9.17) is 12.2 Å². The molecule has 0 bridgehead atoms. The van der Waals surface area contributed by atoms with Crippen LogP contribution < -0.4 is 10.6 Å². The molecular weight excluding hydrogens is 308 g/mol. The lowest BCUT2D eigenvalue weighted by Gasteiger charge is -2.11. The van der Waals surface area contributed by atoms with Crippen LogP contribution in [0.25, 0.3) is 0 Å². The van der Waals surface area contributed by atoms with Crippen LogP contribution in [0.4, 0.5) is 5.69 Å². The van der Waals surface area contributed by atoms with Crippen molar-refractivity contribution < 1.29 is 4.79 Å².